The summed E-state index contributed by atoms with van der Waals surface area (Å²) in [4.78, 5) is 24.9. The minimum absolute atomic E-state index is 0.0734. The fraction of sp³-hybridized carbons (Fsp3) is 0.733. The first kappa shape index (κ1) is 14.8. The van der Waals surface area contributed by atoms with E-state index in [-0.39, 0.29) is 17.7 Å². The van der Waals surface area contributed by atoms with E-state index in [4.69, 9.17) is 0 Å². The highest BCUT2D eigenvalue weighted by molar-refractivity contribution is 5.88. The van der Waals surface area contributed by atoms with Gasteiger partial charge >= 0.3 is 0 Å². The van der Waals surface area contributed by atoms with Crippen LogP contribution in [0.2, 0.25) is 0 Å². The maximum absolute atomic E-state index is 11.8. The molecule has 1 fully saturated rings. The zero-order chi connectivity index (χ0) is 13.4. The van der Waals surface area contributed by atoms with Crippen molar-refractivity contribution in [3.63, 3.8) is 0 Å². The number of piperidine rings is 1. The minimum atomic E-state index is -0.240. The van der Waals surface area contributed by atoms with E-state index in [0.29, 0.717) is 13.0 Å². The maximum atomic E-state index is 11.8. The second-order valence-electron chi connectivity index (χ2n) is 4.85. The second-order valence-corrected chi connectivity index (χ2v) is 4.85. The Hall–Kier alpha value is -1.30. The number of hydrogen-bond donors (Lipinski definition) is 0. The Kier molecular flexibility index (Phi) is 6.49. The van der Waals surface area contributed by atoms with Gasteiger partial charge in [-0.05, 0) is 26.2 Å². The monoisotopic (exact) mass is 249 g/mol. The van der Waals surface area contributed by atoms with Crippen molar-refractivity contribution < 1.29 is 9.59 Å². The lowest BCUT2D eigenvalue weighted by Crippen LogP contribution is -2.47. The lowest BCUT2D eigenvalue weighted by atomic mass is 9.99. The molecular weight excluding hydrogens is 226 g/mol. The fourth-order valence-electron chi connectivity index (χ4n) is 2.23. The van der Waals surface area contributed by atoms with Gasteiger partial charge in [0, 0.05) is 12.8 Å². The minimum Gasteiger partial charge on any atom is -0.322 e. The summed E-state index contributed by atoms with van der Waals surface area (Å²) >= 11 is 0. The molecule has 1 rings (SSSR count). The van der Waals surface area contributed by atoms with Crippen molar-refractivity contribution in [2.24, 2.45) is 0 Å². The van der Waals surface area contributed by atoms with Gasteiger partial charge < -0.3 is 4.90 Å². The summed E-state index contributed by atoms with van der Waals surface area (Å²) in [6, 6.07) is -0.240. The van der Waals surface area contributed by atoms with Gasteiger partial charge in [0.2, 0.25) is 5.91 Å². The van der Waals surface area contributed by atoms with Gasteiger partial charge in [0.1, 0.15) is 0 Å². The van der Waals surface area contributed by atoms with Crippen molar-refractivity contribution in [2.45, 2.75) is 64.8 Å². The van der Waals surface area contributed by atoms with Gasteiger partial charge in [-0.2, -0.15) is 0 Å². The zero-order valence-corrected chi connectivity index (χ0v) is 11.5. The van der Waals surface area contributed by atoms with Crippen molar-refractivity contribution in [1.29, 1.82) is 0 Å². The van der Waals surface area contributed by atoms with E-state index in [0.717, 1.165) is 25.7 Å². The molecule has 0 bridgehead atoms. The van der Waals surface area contributed by atoms with Crippen LogP contribution in [0, 0.1) is 11.8 Å². The largest absolute Gasteiger partial charge is 0.322 e. The van der Waals surface area contributed by atoms with Crippen LogP contribution >= 0.6 is 0 Å². The number of carbonyl (C=O) groups excluding carboxylic acids is 2. The van der Waals surface area contributed by atoms with Crippen molar-refractivity contribution in [3.8, 4) is 11.8 Å². The van der Waals surface area contributed by atoms with Crippen LogP contribution < -0.4 is 0 Å². The van der Waals surface area contributed by atoms with Crippen LogP contribution in [0.5, 0.6) is 0 Å². The number of likely N-dealkylation sites (tertiary alicyclic amines) is 1. The standard InChI is InChI=1S/C15H23NO2/c1-3-4-5-6-7-8-12-16-14(13(2)17)10-9-11-15(16)18/h14H,3-6,9-12H2,1-2H3. The summed E-state index contributed by atoms with van der Waals surface area (Å²) in [6.45, 7) is 4.14. The first-order valence-corrected chi connectivity index (χ1v) is 6.92. The molecule has 0 spiro atoms. The average Bonchev–Trinajstić information content (AvgIpc) is 2.34. The zero-order valence-electron chi connectivity index (χ0n) is 11.5. The molecular formula is C15H23NO2. The van der Waals surface area contributed by atoms with E-state index in [2.05, 4.69) is 18.8 Å². The highest BCUT2D eigenvalue weighted by Gasteiger charge is 2.30. The van der Waals surface area contributed by atoms with Gasteiger partial charge in [-0.3, -0.25) is 9.59 Å². The SMILES string of the molecule is CCCCCC#CCN1C(=O)CCCC1C(C)=O. The number of hydrogen-bond acceptors (Lipinski definition) is 2. The first-order valence-electron chi connectivity index (χ1n) is 6.92. The van der Waals surface area contributed by atoms with E-state index in [1.54, 1.807) is 11.8 Å². The quantitative estimate of drug-likeness (QED) is 0.554. The van der Waals surface area contributed by atoms with Crippen molar-refractivity contribution in [3.05, 3.63) is 0 Å². The van der Waals surface area contributed by atoms with Crippen LogP contribution in [0.4, 0.5) is 0 Å². The van der Waals surface area contributed by atoms with E-state index < -0.39 is 0 Å². The molecule has 0 aromatic rings. The molecule has 0 N–H and O–H groups in total. The van der Waals surface area contributed by atoms with Crippen LogP contribution in [0.3, 0.4) is 0 Å². The third-order valence-corrected chi connectivity index (χ3v) is 3.31. The molecule has 1 amide bonds. The molecule has 0 aromatic heterocycles. The predicted molar refractivity (Wildman–Crippen MR) is 72.0 cm³/mol. The number of carbonyl (C=O) groups is 2. The fourth-order valence-corrected chi connectivity index (χ4v) is 2.23. The Labute approximate surface area is 110 Å². The number of unbranched alkanes of at least 4 members (excludes halogenated alkanes) is 3. The average molecular weight is 249 g/mol. The van der Waals surface area contributed by atoms with Gasteiger partial charge in [0.25, 0.3) is 0 Å². The summed E-state index contributed by atoms with van der Waals surface area (Å²) in [5, 5.41) is 0. The van der Waals surface area contributed by atoms with Crippen molar-refractivity contribution in [1.82, 2.24) is 4.90 Å². The van der Waals surface area contributed by atoms with Crippen LogP contribution in [-0.4, -0.2) is 29.2 Å². The molecule has 1 aliphatic heterocycles. The third-order valence-electron chi connectivity index (χ3n) is 3.31. The molecule has 0 saturated carbocycles. The second kappa shape index (κ2) is 7.92. The molecule has 1 heterocycles. The molecule has 1 aliphatic rings. The number of rotatable bonds is 5. The van der Waals surface area contributed by atoms with Crippen molar-refractivity contribution >= 4 is 11.7 Å². The maximum Gasteiger partial charge on any atom is 0.223 e. The molecule has 1 atom stereocenters. The Balaban J connectivity index is 2.45. The van der Waals surface area contributed by atoms with Crippen LogP contribution in [-0.2, 0) is 9.59 Å². The summed E-state index contributed by atoms with van der Waals surface area (Å²) in [5.74, 6) is 6.28. The summed E-state index contributed by atoms with van der Waals surface area (Å²) < 4.78 is 0. The van der Waals surface area contributed by atoms with Gasteiger partial charge in [0.05, 0.1) is 12.6 Å². The van der Waals surface area contributed by atoms with Gasteiger partial charge in [-0.1, -0.05) is 25.7 Å². The normalized spacial score (nSPS) is 19.3. The van der Waals surface area contributed by atoms with Gasteiger partial charge in [0.15, 0.2) is 5.78 Å². The molecule has 1 saturated heterocycles. The Morgan fingerprint density at radius 2 is 2.17 bits per heavy atom. The van der Waals surface area contributed by atoms with Gasteiger partial charge in [-0.15, -0.1) is 5.92 Å². The molecule has 3 heteroatoms. The number of ketones is 1. The van der Waals surface area contributed by atoms with Gasteiger partial charge in [-0.25, -0.2) is 0 Å². The molecule has 18 heavy (non-hydrogen) atoms. The van der Waals surface area contributed by atoms with E-state index in [1.807, 2.05) is 0 Å². The number of Topliss-reactive ketones (excluding diaryl/α,β-unsaturated/α-hetero) is 1. The van der Waals surface area contributed by atoms with E-state index >= 15 is 0 Å². The van der Waals surface area contributed by atoms with E-state index in [1.165, 1.54) is 12.8 Å². The van der Waals surface area contributed by atoms with Crippen LogP contribution in [0.15, 0.2) is 0 Å². The predicted octanol–water partition coefficient (Wildman–Crippen LogP) is 2.54. The number of amides is 1. The third kappa shape index (κ3) is 4.52. The van der Waals surface area contributed by atoms with Crippen LogP contribution in [0.25, 0.3) is 0 Å². The molecule has 0 aromatic carbocycles. The molecule has 0 aliphatic carbocycles. The topological polar surface area (TPSA) is 37.4 Å². The summed E-state index contributed by atoms with van der Waals surface area (Å²) in [6.07, 6.45) is 6.57. The highest BCUT2D eigenvalue weighted by atomic mass is 16.2. The summed E-state index contributed by atoms with van der Waals surface area (Å²) in [7, 11) is 0. The first-order chi connectivity index (χ1) is 8.66. The van der Waals surface area contributed by atoms with Crippen LogP contribution in [0.1, 0.15) is 58.8 Å². The number of nitrogens with zero attached hydrogens (tertiary/aromatic N) is 1. The lowest BCUT2D eigenvalue weighted by molar-refractivity contribution is -0.141. The Morgan fingerprint density at radius 3 is 2.83 bits per heavy atom. The molecule has 0 radical (unpaired) electrons. The van der Waals surface area contributed by atoms with E-state index in [9.17, 15) is 9.59 Å². The molecule has 3 nitrogen and oxygen atoms in total. The smallest absolute Gasteiger partial charge is 0.223 e. The molecule has 100 valence electrons. The lowest BCUT2D eigenvalue weighted by Gasteiger charge is -2.32. The summed E-state index contributed by atoms with van der Waals surface area (Å²) in [5.41, 5.74) is 0. The highest BCUT2D eigenvalue weighted by Crippen LogP contribution is 2.18. The molecule has 1 unspecified atom stereocenters. The Morgan fingerprint density at radius 1 is 1.39 bits per heavy atom. The van der Waals surface area contributed by atoms with Crippen molar-refractivity contribution in [2.75, 3.05) is 6.54 Å². The Bertz CT molecular complexity index is 351.